The van der Waals surface area contributed by atoms with E-state index in [1.54, 1.807) is 0 Å². The lowest BCUT2D eigenvalue weighted by atomic mass is 10.0. The highest BCUT2D eigenvalue weighted by atomic mass is 32.2. The summed E-state index contributed by atoms with van der Waals surface area (Å²) in [6.07, 6.45) is 1.13. The van der Waals surface area contributed by atoms with Crippen LogP contribution in [0.1, 0.15) is 40.8 Å². The van der Waals surface area contributed by atoms with Crippen LogP contribution in [0.25, 0.3) is 0 Å². The van der Waals surface area contributed by atoms with Crippen molar-refractivity contribution in [3.05, 3.63) is 70.3 Å². The second kappa shape index (κ2) is 8.67. The van der Waals surface area contributed by atoms with Crippen molar-refractivity contribution in [3.63, 3.8) is 0 Å². The number of carbonyl (C=O) groups excluding carboxylic acids is 1. The summed E-state index contributed by atoms with van der Waals surface area (Å²) < 4.78 is 25.5. The maximum absolute atomic E-state index is 12.5. The fourth-order valence-electron chi connectivity index (χ4n) is 3.02. The molecule has 0 aliphatic heterocycles. The first-order valence-corrected chi connectivity index (χ1v) is 10.8. The maximum Gasteiger partial charge on any atom is 0.235 e. The molecule has 2 aromatic carbocycles. The fraction of sp³-hybridized carbons (Fsp3) is 0.381. The van der Waals surface area contributed by atoms with Gasteiger partial charge in [-0.2, -0.15) is 4.31 Å². The summed E-state index contributed by atoms with van der Waals surface area (Å²) in [5.41, 5.74) is 5.24. The van der Waals surface area contributed by atoms with Gasteiger partial charge in [0.2, 0.25) is 15.9 Å². The van der Waals surface area contributed by atoms with Gasteiger partial charge in [-0.05, 0) is 44.4 Å². The van der Waals surface area contributed by atoms with Gasteiger partial charge in [-0.25, -0.2) is 8.42 Å². The topological polar surface area (TPSA) is 66.5 Å². The third-order valence-electron chi connectivity index (χ3n) is 4.54. The molecule has 6 heteroatoms. The molecule has 1 amide bonds. The van der Waals surface area contributed by atoms with Crippen molar-refractivity contribution in [3.8, 4) is 0 Å². The normalized spacial score (nSPS) is 12.8. The van der Waals surface area contributed by atoms with E-state index in [0.29, 0.717) is 0 Å². The molecule has 0 spiro atoms. The van der Waals surface area contributed by atoms with E-state index in [1.165, 1.54) is 4.31 Å². The molecule has 146 valence electrons. The summed E-state index contributed by atoms with van der Waals surface area (Å²) in [7, 11) is -3.51. The van der Waals surface area contributed by atoms with Gasteiger partial charge in [-0.1, -0.05) is 53.6 Å². The van der Waals surface area contributed by atoms with Gasteiger partial charge in [0.15, 0.2) is 0 Å². The van der Waals surface area contributed by atoms with Crippen molar-refractivity contribution >= 4 is 15.9 Å². The first kappa shape index (κ1) is 21.1. The second-order valence-corrected chi connectivity index (χ2v) is 9.15. The van der Waals surface area contributed by atoms with Gasteiger partial charge in [0.25, 0.3) is 0 Å². The lowest BCUT2D eigenvalue weighted by Gasteiger charge is -2.22. The van der Waals surface area contributed by atoms with Gasteiger partial charge < -0.3 is 5.32 Å². The molecule has 0 heterocycles. The molecule has 1 N–H and O–H groups in total. The van der Waals surface area contributed by atoms with Crippen molar-refractivity contribution in [2.24, 2.45) is 0 Å². The highest BCUT2D eigenvalue weighted by Gasteiger charge is 2.22. The van der Waals surface area contributed by atoms with Crippen LogP contribution in [0.5, 0.6) is 0 Å². The quantitative estimate of drug-likeness (QED) is 0.792. The molecule has 2 rings (SSSR count). The van der Waals surface area contributed by atoms with Crippen LogP contribution in [-0.4, -0.2) is 31.4 Å². The third kappa shape index (κ3) is 6.19. The third-order valence-corrected chi connectivity index (χ3v) is 5.73. The average molecular weight is 389 g/mol. The minimum absolute atomic E-state index is 0.171. The number of benzene rings is 2. The van der Waals surface area contributed by atoms with Crippen LogP contribution in [-0.2, 0) is 21.4 Å². The Kier molecular flexibility index (Phi) is 6.78. The Morgan fingerprint density at radius 3 is 2.19 bits per heavy atom. The Labute approximate surface area is 162 Å². The predicted octanol–water partition coefficient (Wildman–Crippen LogP) is 3.25. The Morgan fingerprint density at radius 2 is 1.63 bits per heavy atom. The van der Waals surface area contributed by atoms with E-state index in [2.05, 4.69) is 11.4 Å². The molecular weight excluding hydrogens is 360 g/mol. The minimum Gasteiger partial charge on any atom is -0.348 e. The number of carbonyl (C=O) groups is 1. The highest BCUT2D eigenvalue weighted by molar-refractivity contribution is 7.88. The largest absolute Gasteiger partial charge is 0.348 e. The molecule has 0 radical (unpaired) electrons. The molecule has 0 fully saturated rings. The van der Waals surface area contributed by atoms with Crippen molar-refractivity contribution in [2.45, 2.75) is 40.3 Å². The molecule has 0 unspecified atom stereocenters. The molecule has 0 saturated heterocycles. The average Bonchev–Trinajstić information content (AvgIpc) is 2.55. The zero-order valence-electron chi connectivity index (χ0n) is 16.6. The van der Waals surface area contributed by atoms with Crippen molar-refractivity contribution in [1.29, 1.82) is 0 Å². The molecule has 0 aliphatic rings. The monoisotopic (exact) mass is 388 g/mol. The molecule has 0 aromatic heterocycles. The van der Waals surface area contributed by atoms with Crippen molar-refractivity contribution in [1.82, 2.24) is 9.62 Å². The number of amides is 1. The Morgan fingerprint density at radius 1 is 1.04 bits per heavy atom. The summed E-state index contributed by atoms with van der Waals surface area (Å²) in [6, 6.07) is 13.5. The first-order valence-electron chi connectivity index (χ1n) is 8.93. The first-order chi connectivity index (χ1) is 12.6. The molecular formula is C21H28N2O3S. The fourth-order valence-corrected chi connectivity index (χ4v) is 3.76. The summed E-state index contributed by atoms with van der Waals surface area (Å²) >= 11 is 0. The van der Waals surface area contributed by atoms with Gasteiger partial charge in [-0.15, -0.1) is 0 Å². The van der Waals surface area contributed by atoms with E-state index in [1.807, 2.05) is 64.1 Å². The lowest BCUT2D eigenvalue weighted by Crippen LogP contribution is -2.40. The van der Waals surface area contributed by atoms with E-state index in [0.717, 1.165) is 34.1 Å². The number of nitrogens with one attached hydrogen (secondary N) is 1. The van der Waals surface area contributed by atoms with Crippen molar-refractivity contribution in [2.75, 3.05) is 12.8 Å². The Hall–Kier alpha value is -2.18. The summed E-state index contributed by atoms with van der Waals surface area (Å²) in [4.78, 5) is 12.5. The number of sulfonamides is 1. The van der Waals surface area contributed by atoms with Gasteiger partial charge in [0.05, 0.1) is 18.8 Å². The number of hydrogen-bond donors (Lipinski definition) is 1. The van der Waals surface area contributed by atoms with Crippen molar-refractivity contribution < 1.29 is 13.2 Å². The molecule has 5 nitrogen and oxygen atoms in total. The smallest absolute Gasteiger partial charge is 0.235 e. The Bertz CT molecular complexity index is 906. The molecule has 1 atom stereocenters. The van der Waals surface area contributed by atoms with Gasteiger partial charge in [0.1, 0.15) is 0 Å². The summed E-state index contributed by atoms with van der Waals surface area (Å²) in [5.74, 6) is -0.319. The summed E-state index contributed by atoms with van der Waals surface area (Å²) in [5, 5.41) is 2.91. The molecule has 0 bridgehead atoms. The van der Waals surface area contributed by atoms with E-state index in [9.17, 15) is 13.2 Å². The molecule has 27 heavy (non-hydrogen) atoms. The zero-order chi connectivity index (χ0) is 20.2. The number of nitrogens with zero attached hydrogens (tertiary/aromatic N) is 1. The van der Waals surface area contributed by atoms with E-state index < -0.39 is 10.0 Å². The van der Waals surface area contributed by atoms with Crippen LogP contribution in [0.15, 0.2) is 42.5 Å². The van der Waals surface area contributed by atoms with Gasteiger partial charge >= 0.3 is 0 Å². The van der Waals surface area contributed by atoms with Crippen LogP contribution in [0.4, 0.5) is 0 Å². The SMILES string of the molecule is Cc1ccc(CN(CC(=O)N[C@H](C)c2ccc(C)cc2C)S(C)(=O)=O)cc1. The van der Waals surface area contributed by atoms with E-state index in [4.69, 9.17) is 0 Å². The van der Waals surface area contributed by atoms with Gasteiger partial charge in [0, 0.05) is 6.54 Å². The lowest BCUT2D eigenvalue weighted by molar-refractivity contribution is -0.122. The number of rotatable bonds is 7. The predicted molar refractivity (Wildman–Crippen MR) is 109 cm³/mol. The van der Waals surface area contributed by atoms with E-state index in [-0.39, 0.29) is 25.0 Å². The van der Waals surface area contributed by atoms with Gasteiger partial charge in [-0.3, -0.25) is 4.79 Å². The van der Waals surface area contributed by atoms with Crippen LogP contribution in [0, 0.1) is 20.8 Å². The summed E-state index contributed by atoms with van der Waals surface area (Å²) in [6.45, 7) is 7.87. The minimum atomic E-state index is -3.51. The van der Waals surface area contributed by atoms with E-state index >= 15 is 0 Å². The number of hydrogen-bond acceptors (Lipinski definition) is 3. The zero-order valence-corrected chi connectivity index (χ0v) is 17.4. The standard InChI is InChI=1S/C21H28N2O3S/c1-15-6-9-19(10-7-15)13-23(27(5,25)26)14-21(24)22-18(4)20-11-8-16(2)12-17(20)3/h6-12,18H,13-14H2,1-5H3,(H,22,24)/t18-/m1/s1. The molecule has 0 saturated carbocycles. The van der Waals surface area contributed by atoms with Crippen LogP contribution >= 0.6 is 0 Å². The van der Waals surface area contributed by atoms with Crippen LogP contribution < -0.4 is 5.32 Å². The maximum atomic E-state index is 12.5. The van der Waals surface area contributed by atoms with Crippen LogP contribution in [0.3, 0.4) is 0 Å². The highest BCUT2D eigenvalue weighted by Crippen LogP contribution is 2.18. The number of aryl methyl sites for hydroxylation is 3. The molecule has 0 aliphatic carbocycles. The molecule has 2 aromatic rings. The Balaban J connectivity index is 2.08. The second-order valence-electron chi connectivity index (χ2n) is 7.17. The van der Waals surface area contributed by atoms with Crippen LogP contribution in [0.2, 0.25) is 0 Å².